The summed E-state index contributed by atoms with van der Waals surface area (Å²) in [5, 5.41) is 4.49. The third-order valence-electron chi connectivity index (χ3n) is 2.24. The number of thiazole rings is 1. The summed E-state index contributed by atoms with van der Waals surface area (Å²) in [6, 6.07) is 3.86. The molecular weight excluding hydrogens is 364 g/mol. The Kier molecular flexibility index (Phi) is 5.27. The second-order valence-corrected chi connectivity index (χ2v) is 7.05. The first-order valence-electron chi connectivity index (χ1n) is 5.75. The van der Waals surface area contributed by atoms with Crippen molar-refractivity contribution in [3.05, 3.63) is 36.9 Å². The second-order valence-electron chi connectivity index (χ2n) is 3.65. The number of nitrogens with zero attached hydrogens (tertiary/aromatic N) is 1. The maximum atomic E-state index is 11.9. The van der Waals surface area contributed by atoms with Gasteiger partial charge >= 0.3 is 5.97 Å². The average molecular weight is 375 g/mol. The molecule has 2 heterocycles. The van der Waals surface area contributed by atoms with Crippen LogP contribution in [0.5, 0.6) is 0 Å². The van der Waals surface area contributed by atoms with Crippen LogP contribution in [0.1, 0.15) is 32.1 Å². The lowest BCUT2D eigenvalue weighted by Gasteiger charge is -2.00. The molecule has 5 nitrogen and oxygen atoms in total. The summed E-state index contributed by atoms with van der Waals surface area (Å²) < 4.78 is 5.84. The fourth-order valence-corrected chi connectivity index (χ4v) is 3.48. The number of esters is 1. The Bertz CT molecular complexity index is 624. The monoisotopic (exact) mass is 374 g/mol. The molecule has 0 fully saturated rings. The summed E-state index contributed by atoms with van der Waals surface area (Å²) in [4.78, 5) is 28.4. The zero-order valence-corrected chi connectivity index (χ0v) is 13.7. The Morgan fingerprint density at radius 1 is 1.45 bits per heavy atom. The van der Waals surface area contributed by atoms with Gasteiger partial charge in [-0.05, 0) is 35.0 Å². The first kappa shape index (κ1) is 15.1. The highest BCUT2D eigenvalue weighted by Crippen LogP contribution is 2.21. The lowest BCUT2D eigenvalue weighted by Crippen LogP contribution is -2.22. The standard InChI is InChI=1S/C12H11BrN2O3S2/c1-2-18-12(17)11-15-8(6-19-11)10(16)14-5-7-3-4-9(13)20-7/h3-4,6H,2,5H2,1H3,(H,14,16). The molecular formula is C12H11BrN2O3S2. The minimum absolute atomic E-state index is 0.191. The molecule has 0 aromatic carbocycles. The van der Waals surface area contributed by atoms with Crippen molar-refractivity contribution < 1.29 is 14.3 Å². The van der Waals surface area contributed by atoms with E-state index in [0.717, 1.165) is 20.0 Å². The Labute approximate surface area is 132 Å². The van der Waals surface area contributed by atoms with Gasteiger partial charge in [0.05, 0.1) is 16.9 Å². The fourth-order valence-electron chi connectivity index (χ4n) is 1.37. The molecule has 0 saturated heterocycles. The van der Waals surface area contributed by atoms with Gasteiger partial charge in [0.2, 0.25) is 5.01 Å². The number of ether oxygens (including phenoxy) is 1. The number of hydrogen-bond donors (Lipinski definition) is 1. The first-order valence-corrected chi connectivity index (χ1v) is 8.24. The van der Waals surface area contributed by atoms with E-state index in [9.17, 15) is 9.59 Å². The number of amides is 1. The highest BCUT2D eigenvalue weighted by molar-refractivity contribution is 9.11. The van der Waals surface area contributed by atoms with E-state index in [1.165, 1.54) is 0 Å². The number of halogens is 1. The summed E-state index contributed by atoms with van der Waals surface area (Å²) in [5.74, 6) is -0.806. The largest absolute Gasteiger partial charge is 0.461 e. The quantitative estimate of drug-likeness (QED) is 0.816. The molecule has 0 radical (unpaired) electrons. The molecule has 0 spiro atoms. The lowest BCUT2D eigenvalue weighted by molar-refractivity contribution is 0.0526. The van der Waals surface area contributed by atoms with Crippen LogP contribution in [0.3, 0.4) is 0 Å². The van der Waals surface area contributed by atoms with Crippen LogP contribution in [-0.4, -0.2) is 23.5 Å². The third-order valence-corrected chi connectivity index (χ3v) is 4.68. The molecule has 1 N–H and O–H groups in total. The summed E-state index contributed by atoms with van der Waals surface area (Å²) in [7, 11) is 0. The van der Waals surface area contributed by atoms with E-state index in [0.29, 0.717) is 6.54 Å². The molecule has 0 atom stereocenters. The molecule has 0 aliphatic rings. The Hall–Kier alpha value is -1.25. The average Bonchev–Trinajstić information content (AvgIpc) is 3.05. The van der Waals surface area contributed by atoms with Crippen molar-refractivity contribution >= 4 is 50.5 Å². The summed E-state index contributed by atoms with van der Waals surface area (Å²) in [6.45, 7) is 2.44. The third kappa shape index (κ3) is 3.87. The van der Waals surface area contributed by atoms with Crippen molar-refractivity contribution in [3.63, 3.8) is 0 Å². The molecule has 0 aliphatic heterocycles. The van der Waals surface area contributed by atoms with Crippen molar-refractivity contribution in [2.24, 2.45) is 0 Å². The summed E-state index contributed by atoms with van der Waals surface area (Å²) >= 11 is 6.01. The van der Waals surface area contributed by atoms with E-state index < -0.39 is 5.97 Å². The SMILES string of the molecule is CCOC(=O)c1nc(C(=O)NCc2ccc(Br)s2)cs1. The maximum Gasteiger partial charge on any atom is 0.367 e. The Balaban J connectivity index is 1.94. The van der Waals surface area contributed by atoms with Gasteiger partial charge in [0, 0.05) is 10.3 Å². The topological polar surface area (TPSA) is 68.3 Å². The van der Waals surface area contributed by atoms with E-state index in [1.807, 2.05) is 12.1 Å². The van der Waals surface area contributed by atoms with Crippen LogP contribution in [0.4, 0.5) is 0 Å². The minimum atomic E-state index is -0.501. The van der Waals surface area contributed by atoms with Gasteiger partial charge in [-0.1, -0.05) is 0 Å². The van der Waals surface area contributed by atoms with Gasteiger partial charge in [-0.25, -0.2) is 9.78 Å². The molecule has 8 heteroatoms. The van der Waals surface area contributed by atoms with E-state index >= 15 is 0 Å². The number of aromatic nitrogens is 1. The number of carbonyl (C=O) groups excluding carboxylic acids is 2. The Morgan fingerprint density at radius 3 is 2.90 bits per heavy atom. The molecule has 0 aliphatic carbocycles. The van der Waals surface area contributed by atoms with Crippen LogP contribution < -0.4 is 5.32 Å². The molecule has 2 aromatic rings. The van der Waals surface area contributed by atoms with Crippen molar-refractivity contribution in [2.45, 2.75) is 13.5 Å². The minimum Gasteiger partial charge on any atom is -0.461 e. The molecule has 20 heavy (non-hydrogen) atoms. The number of carbonyl (C=O) groups is 2. The van der Waals surface area contributed by atoms with Crippen LogP contribution in [0.2, 0.25) is 0 Å². The van der Waals surface area contributed by atoms with Crippen LogP contribution in [0, 0.1) is 0 Å². The molecule has 0 unspecified atom stereocenters. The lowest BCUT2D eigenvalue weighted by atomic mass is 10.4. The first-order chi connectivity index (χ1) is 9.60. The highest BCUT2D eigenvalue weighted by atomic mass is 79.9. The zero-order chi connectivity index (χ0) is 14.5. The number of thiophene rings is 1. The summed E-state index contributed by atoms with van der Waals surface area (Å²) in [5.41, 5.74) is 0.230. The molecule has 106 valence electrons. The van der Waals surface area contributed by atoms with Crippen LogP contribution in [0.15, 0.2) is 21.3 Å². The van der Waals surface area contributed by atoms with E-state index in [1.54, 1.807) is 23.6 Å². The van der Waals surface area contributed by atoms with Crippen molar-refractivity contribution in [1.82, 2.24) is 10.3 Å². The smallest absolute Gasteiger partial charge is 0.367 e. The molecule has 1 amide bonds. The van der Waals surface area contributed by atoms with Gasteiger partial charge in [-0.3, -0.25) is 4.79 Å². The molecule has 0 bridgehead atoms. The van der Waals surface area contributed by atoms with Crippen molar-refractivity contribution in [2.75, 3.05) is 6.61 Å². The summed E-state index contributed by atoms with van der Waals surface area (Å²) in [6.07, 6.45) is 0. The van der Waals surface area contributed by atoms with Gasteiger partial charge < -0.3 is 10.1 Å². The van der Waals surface area contributed by atoms with E-state index in [2.05, 4.69) is 26.2 Å². The van der Waals surface area contributed by atoms with Crippen LogP contribution >= 0.6 is 38.6 Å². The van der Waals surface area contributed by atoms with Gasteiger partial charge in [-0.15, -0.1) is 22.7 Å². The van der Waals surface area contributed by atoms with Gasteiger partial charge in [-0.2, -0.15) is 0 Å². The van der Waals surface area contributed by atoms with E-state index in [-0.39, 0.29) is 23.2 Å². The fraction of sp³-hybridized carbons (Fsp3) is 0.250. The Morgan fingerprint density at radius 2 is 2.25 bits per heavy atom. The molecule has 2 rings (SSSR count). The molecule has 2 aromatic heterocycles. The normalized spacial score (nSPS) is 10.3. The number of hydrogen-bond acceptors (Lipinski definition) is 6. The predicted octanol–water partition coefficient (Wildman–Crippen LogP) is 3.07. The number of rotatable bonds is 5. The highest BCUT2D eigenvalue weighted by Gasteiger charge is 2.16. The van der Waals surface area contributed by atoms with Crippen molar-refractivity contribution in [3.8, 4) is 0 Å². The van der Waals surface area contributed by atoms with Gasteiger partial charge in [0.15, 0.2) is 0 Å². The predicted molar refractivity (Wildman–Crippen MR) is 81.3 cm³/mol. The second kappa shape index (κ2) is 6.96. The van der Waals surface area contributed by atoms with E-state index in [4.69, 9.17) is 4.74 Å². The maximum absolute atomic E-state index is 11.9. The van der Waals surface area contributed by atoms with Gasteiger partial charge in [0.25, 0.3) is 5.91 Å². The van der Waals surface area contributed by atoms with Gasteiger partial charge in [0.1, 0.15) is 5.69 Å². The zero-order valence-electron chi connectivity index (χ0n) is 10.5. The molecule has 0 saturated carbocycles. The number of nitrogens with one attached hydrogen (secondary N) is 1. The van der Waals surface area contributed by atoms with Crippen molar-refractivity contribution in [1.29, 1.82) is 0 Å². The van der Waals surface area contributed by atoms with Crippen LogP contribution in [-0.2, 0) is 11.3 Å². The van der Waals surface area contributed by atoms with Crippen LogP contribution in [0.25, 0.3) is 0 Å².